The largest absolute Gasteiger partial charge is 0.481 e. The van der Waals surface area contributed by atoms with E-state index < -0.39 is 5.97 Å². The number of amides is 1. The summed E-state index contributed by atoms with van der Waals surface area (Å²) in [5, 5.41) is 11.0. The fraction of sp³-hybridized carbons (Fsp3) is 0.429. The summed E-state index contributed by atoms with van der Waals surface area (Å²) in [5.41, 5.74) is 0.853. The van der Waals surface area contributed by atoms with Gasteiger partial charge in [-0.2, -0.15) is 0 Å². The summed E-state index contributed by atoms with van der Waals surface area (Å²) in [6, 6.07) is 6.30. The Balaban J connectivity index is 2.32. The maximum atomic E-state index is 13.0. The summed E-state index contributed by atoms with van der Waals surface area (Å²) in [6.07, 6.45) is 0.838. The first kappa shape index (κ1) is 15.1. The summed E-state index contributed by atoms with van der Waals surface area (Å²) < 4.78 is 13.0. The van der Waals surface area contributed by atoms with Crippen molar-refractivity contribution in [3.05, 3.63) is 35.6 Å². The third-order valence-electron chi connectivity index (χ3n) is 2.67. The molecule has 104 valence electrons. The number of carbonyl (C=O) groups is 2. The van der Waals surface area contributed by atoms with Crippen LogP contribution in [0.25, 0.3) is 0 Å². The van der Waals surface area contributed by atoms with Gasteiger partial charge in [-0.05, 0) is 30.0 Å². The molecule has 1 rings (SSSR count). The maximum Gasteiger partial charge on any atom is 0.305 e. The molecule has 2 N–H and O–H groups in total. The minimum atomic E-state index is -0.937. The van der Waals surface area contributed by atoms with E-state index in [1.807, 2.05) is 13.0 Å². The van der Waals surface area contributed by atoms with Crippen LogP contribution >= 0.6 is 0 Å². The molecule has 0 aliphatic carbocycles. The fourth-order valence-corrected chi connectivity index (χ4v) is 1.84. The van der Waals surface area contributed by atoms with Crippen molar-refractivity contribution in [2.24, 2.45) is 5.92 Å². The van der Waals surface area contributed by atoms with Crippen LogP contribution in [-0.4, -0.2) is 23.5 Å². The summed E-state index contributed by atoms with van der Waals surface area (Å²) in [6.45, 7) is 2.04. The highest BCUT2D eigenvalue weighted by molar-refractivity contribution is 5.77. The van der Waals surface area contributed by atoms with Gasteiger partial charge < -0.3 is 10.4 Å². The van der Waals surface area contributed by atoms with Crippen LogP contribution < -0.4 is 5.32 Å². The lowest BCUT2D eigenvalue weighted by molar-refractivity contribution is -0.136. The first-order valence-electron chi connectivity index (χ1n) is 6.20. The molecule has 19 heavy (non-hydrogen) atoms. The zero-order valence-corrected chi connectivity index (χ0v) is 10.9. The second-order valence-electron chi connectivity index (χ2n) is 4.64. The molecular weight excluding hydrogens is 249 g/mol. The van der Waals surface area contributed by atoms with E-state index in [-0.39, 0.29) is 30.6 Å². The topological polar surface area (TPSA) is 66.4 Å². The van der Waals surface area contributed by atoms with Gasteiger partial charge in [0.2, 0.25) is 5.91 Å². The molecule has 4 nitrogen and oxygen atoms in total. The summed E-state index contributed by atoms with van der Waals surface area (Å²) in [5.74, 6) is -1.32. The van der Waals surface area contributed by atoms with Gasteiger partial charge in [0.1, 0.15) is 5.82 Å². The molecule has 1 amide bonds. The standard InChI is InChI=1S/C14H18FNO3/c1-10(7-11-3-2-4-12(15)9-11)8-13(17)16-6-5-14(18)19/h2-4,9-10H,5-8H2,1H3,(H,16,17)(H,18,19). The molecule has 0 heterocycles. The van der Waals surface area contributed by atoms with E-state index in [1.165, 1.54) is 12.1 Å². The Morgan fingerprint density at radius 1 is 1.42 bits per heavy atom. The molecule has 0 radical (unpaired) electrons. The Bertz CT molecular complexity index is 448. The molecule has 0 aromatic heterocycles. The third-order valence-corrected chi connectivity index (χ3v) is 2.67. The molecule has 0 bridgehead atoms. The third kappa shape index (κ3) is 6.55. The van der Waals surface area contributed by atoms with Crippen molar-refractivity contribution in [3.8, 4) is 0 Å². The van der Waals surface area contributed by atoms with Crippen molar-refractivity contribution >= 4 is 11.9 Å². The van der Waals surface area contributed by atoms with Gasteiger partial charge in [-0.25, -0.2) is 4.39 Å². The van der Waals surface area contributed by atoms with Crippen molar-refractivity contribution in [2.45, 2.75) is 26.2 Å². The number of aliphatic carboxylic acids is 1. The van der Waals surface area contributed by atoms with E-state index in [1.54, 1.807) is 6.07 Å². The van der Waals surface area contributed by atoms with Crippen molar-refractivity contribution in [1.82, 2.24) is 5.32 Å². The molecule has 0 aliphatic heterocycles. The lowest BCUT2D eigenvalue weighted by atomic mass is 9.98. The number of hydrogen-bond acceptors (Lipinski definition) is 2. The highest BCUT2D eigenvalue weighted by Gasteiger charge is 2.10. The Morgan fingerprint density at radius 3 is 2.79 bits per heavy atom. The first-order chi connectivity index (χ1) is 8.97. The van der Waals surface area contributed by atoms with Crippen LogP contribution in [0.3, 0.4) is 0 Å². The number of halogens is 1. The van der Waals surface area contributed by atoms with E-state index >= 15 is 0 Å². The highest BCUT2D eigenvalue weighted by Crippen LogP contribution is 2.12. The van der Waals surface area contributed by atoms with Crippen LogP contribution in [0.4, 0.5) is 4.39 Å². The SMILES string of the molecule is CC(CC(=O)NCCC(=O)O)Cc1cccc(F)c1. The van der Waals surface area contributed by atoms with E-state index in [9.17, 15) is 14.0 Å². The van der Waals surface area contributed by atoms with E-state index in [0.717, 1.165) is 5.56 Å². The lowest BCUT2D eigenvalue weighted by Gasteiger charge is -2.11. The van der Waals surface area contributed by atoms with Crippen LogP contribution in [-0.2, 0) is 16.0 Å². The summed E-state index contributed by atoms with van der Waals surface area (Å²) in [4.78, 5) is 21.8. The van der Waals surface area contributed by atoms with Gasteiger partial charge in [0.25, 0.3) is 0 Å². The average Bonchev–Trinajstić information content (AvgIpc) is 2.27. The molecule has 1 aromatic carbocycles. The Hall–Kier alpha value is -1.91. The maximum absolute atomic E-state index is 13.0. The number of carboxylic acid groups (broad SMARTS) is 1. The van der Waals surface area contributed by atoms with Gasteiger partial charge in [0.05, 0.1) is 6.42 Å². The van der Waals surface area contributed by atoms with Crippen LogP contribution in [0.5, 0.6) is 0 Å². The van der Waals surface area contributed by atoms with E-state index in [4.69, 9.17) is 5.11 Å². The van der Waals surface area contributed by atoms with Crippen LogP contribution in [0, 0.1) is 11.7 Å². The van der Waals surface area contributed by atoms with Crippen molar-refractivity contribution in [3.63, 3.8) is 0 Å². The van der Waals surface area contributed by atoms with Gasteiger partial charge in [0, 0.05) is 13.0 Å². The predicted octanol–water partition coefficient (Wildman–Crippen LogP) is 1.99. The summed E-state index contributed by atoms with van der Waals surface area (Å²) >= 11 is 0. The second kappa shape index (κ2) is 7.51. The van der Waals surface area contributed by atoms with Crippen molar-refractivity contribution < 1.29 is 19.1 Å². The Morgan fingerprint density at radius 2 is 2.16 bits per heavy atom. The molecule has 0 saturated carbocycles. The zero-order chi connectivity index (χ0) is 14.3. The number of rotatable bonds is 7. The minimum Gasteiger partial charge on any atom is -0.481 e. The van der Waals surface area contributed by atoms with Gasteiger partial charge in [0.15, 0.2) is 0 Å². The smallest absolute Gasteiger partial charge is 0.305 e. The number of nitrogens with one attached hydrogen (secondary N) is 1. The number of carbonyl (C=O) groups excluding carboxylic acids is 1. The van der Waals surface area contributed by atoms with Gasteiger partial charge >= 0.3 is 5.97 Å². The minimum absolute atomic E-state index is 0.0756. The molecule has 0 fully saturated rings. The Kier molecular flexibility index (Phi) is 5.99. The van der Waals surface area contributed by atoms with Crippen molar-refractivity contribution in [2.75, 3.05) is 6.54 Å². The van der Waals surface area contributed by atoms with Gasteiger partial charge in [-0.15, -0.1) is 0 Å². The van der Waals surface area contributed by atoms with Crippen LogP contribution in [0.15, 0.2) is 24.3 Å². The monoisotopic (exact) mass is 267 g/mol. The van der Waals surface area contributed by atoms with Crippen molar-refractivity contribution in [1.29, 1.82) is 0 Å². The van der Waals surface area contributed by atoms with Gasteiger partial charge in [-0.1, -0.05) is 19.1 Å². The second-order valence-corrected chi connectivity index (χ2v) is 4.64. The molecule has 0 saturated heterocycles. The van der Waals surface area contributed by atoms with Crippen LogP contribution in [0.1, 0.15) is 25.3 Å². The fourth-order valence-electron chi connectivity index (χ4n) is 1.84. The molecule has 0 spiro atoms. The average molecular weight is 267 g/mol. The van der Waals surface area contributed by atoms with E-state index in [0.29, 0.717) is 12.8 Å². The number of carboxylic acids is 1. The number of benzene rings is 1. The Labute approximate surface area is 111 Å². The number of hydrogen-bond donors (Lipinski definition) is 2. The van der Waals surface area contributed by atoms with E-state index in [2.05, 4.69) is 5.32 Å². The zero-order valence-electron chi connectivity index (χ0n) is 10.9. The first-order valence-corrected chi connectivity index (χ1v) is 6.20. The molecule has 1 atom stereocenters. The molecular formula is C14H18FNO3. The molecule has 1 unspecified atom stereocenters. The summed E-state index contributed by atoms with van der Waals surface area (Å²) in [7, 11) is 0. The highest BCUT2D eigenvalue weighted by atomic mass is 19.1. The molecule has 1 aromatic rings. The molecule has 5 heteroatoms. The quantitative estimate of drug-likeness (QED) is 0.794. The normalized spacial score (nSPS) is 11.9. The van der Waals surface area contributed by atoms with Gasteiger partial charge in [-0.3, -0.25) is 9.59 Å². The molecule has 0 aliphatic rings. The predicted molar refractivity (Wildman–Crippen MR) is 69.1 cm³/mol. The van der Waals surface area contributed by atoms with Crippen LogP contribution in [0.2, 0.25) is 0 Å². The lowest BCUT2D eigenvalue weighted by Crippen LogP contribution is -2.27.